The van der Waals surface area contributed by atoms with Crippen molar-refractivity contribution in [1.29, 1.82) is 0 Å². The third kappa shape index (κ3) is 1.85. The number of carboxylic acid groups (broad SMARTS) is 1. The average Bonchev–Trinajstić information content (AvgIpc) is 2.12. The molecule has 0 aromatic heterocycles. The SMILES string of the molecule is [NH3+][C@H](C(=O)[O-])c1cc(F)c(F)c(F)c1. The van der Waals surface area contributed by atoms with E-state index in [0.29, 0.717) is 12.1 Å². The molecule has 1 atom stereocenters. The predicted octanol–water partition coefficient (Wildman–Crippen LogP) is -0.863. The molecule has 0 aliphatic rings. The lowest BCUT2D eigenvalue weighted by Crippen LogP contribution is -2.61. The minimum Gasteiger partial charge on any atom is -0.544 e. The fourth-order valence-electron chi connectivity index (χ4n) is 0.912. The average molecular weight is 205 g/mol. The summed E-state index contributed by atoms with van der Waals surface area (Å²) in [5, 5.41) is 10.3. The van der Waals surface area contributed by atoms with Crippen molar-refractivity contribution in [3.05, 3.63) is 35.1 Å². The van der Waals surface area contributed by atoms with Crippen molar-refractivity contribution < 1.29 is 28.8 Å². The second-order valence-corrected chi connectivity index (χ2v) is 2.67. The highest BCUT2D eigenvalue weighted by atomic mass is 19.2. The molecule has 0 aliphatic carbocycles. The zero-order chi connectivity index (χ0) is 10.9. The van der Waals surface area contributed by atoms with E-state index in [2.05, 4.69) is 5.73 Å². The Morgan fingerprint density at radius 2 is 1.71 bits per heavy atom. The highest BCUT2D eigenvalue weighted by Crippen LogP contribution is 2.16. The maximum absolute atomic E-state index is 12.6. The van der Waals surface area contributed by atoms with Gasteiger partial charge in [-0.3, -0.25) is 0 Å². The molecule has 0 spiro atoms. The molecule has 14 heavy (non-hydrogen) atoms. The molecule has 0 saturated carbocycles. The van der Waals surface area contributed by atoms with E-state index in [9.17, 15) is 23.1 Å². The maximum atomic E-state index is 12.6. The van der Waals surface area contributed by atoms with E-state index in [-0.39, 0.29) is 5.56 Å². The van der Waals surface area contributed by atoms with Crippen molar-refractivity contribution in [1.82, 2.24) is 0 Å². The van der Waals surface area contributed by atoms with Gasteiger partial charge >= 0.3 is 0 Å². The highest BCUT2D eigenvalue weighted by molar-refractivity contribution is 5.71. The van der Waals surface area contributed by atoms with Crippen LogP contribution >= 0.6 is 0 Å². The first-order valence-corrected chi connectivity index (χ1v) is 3.62. The van der Waals surface area contributed by atoms with Crippen molar-refractivity contribution >= 4 is 5.97 Å². The van der Waals surface area contributed by atoms with E-state index < -0.39 is 29.5 Å². The molecule has 0 radical (unpaired) electrons. The minimum absolute atomic E-state index is 0.276. The Kier molecular flexibility index (Phi) is 2.76. The molecule has 0 unspecified atom stereocenters. The molecule has 0 heterocycles. The van der Waals surface area contributed by atoms with Gasteiger partial charge in [-0.15, -0.1) is 0 Å². The van der Waals surface area contributed by atoms with Gasteiger partial charge in [0.2, 0.25) is 0 Å². The smallest absolute Gasteiger partial charge is 0.194 e. The van der Waals surface area contributed by atoms with E-state index in [1.54, 1.807) is 0 Å². The Balaban J connectivity index is 3.19. The van der Waals surface area contributed by atoms with Crippen LogP contribution in [0.15, 0.2) is 12.1 Å². The predicted molar refractivity (Wildman–Crippen MR) is 37.0 cm³/mol. The molecule has 1 rings (SSSR count). The van der Waals surface area contributed by atoms with Crippen molar-refractivity contribution in [2.24, 2.45) is 0 Å². The third-order valence-corrected chi connectivity index (χ3v) is 1.69. The van der Waals surface area contributed by atoms with E-state index in [1.807, 2.05) is 0 Å². The molecule has 0 saturated heterocycles. The maximum Gasteiger partial charge on any atom is 0.194 e. The van der Waals surface area contributed by atoms with Crippen molar-refractivity contribution in [2.75, 3.05) is 0 Å². The van der Waals surface area contributed by atoms with Crippen LogP contribution in [-0.4, -0.2) is 5.97 Å². The third-order valence-electron chi connectivity index (χ3n) is 1.69. The zero-order valence-electron chi connectivity index (χ0n) is 6.89. The Labute approximate surface area is 77.0 Å². The van der Waals surface area contributed by atoms with Gasteiger partial charge in [-0.25, -0.2) is 13.2 Å². The monoisotopic (exact) mass is 205 g/mol. The number of carbonyl (C=O) groups is 1. The Bertz CT molecular complexity index is 358. The van der Waals surface area contributed by atoms with Crippen LogP contribution in [0, 0.1) is 17.5 Å². The van der Waals surface area contributed by atoms with Crippen molar-refractivity contribution in [2.45, 2.75) is 6.04 Å². The summed E-state index contributed by atoms with van der Waals surface area (Å²) in [5.41, 5.74) is 2.83. The number of rotatable bonds is 2. The first-order valence-electron chi connectivity index (χ1n) is 3.62. The van der Waals surface area contributed by atoms with Crippen LogP contribution < -0.4 is 10.8 Å². The lowest BCUT2D eigenvalue weighted by Gasteiger charge is -2.09. The van der Waals surface area contributed by atoms with E-state index in [1.165, 1.54) is 0 Å². The van der Waals surface area contributed by atoms with Crippen LogP contribution in [-0.2, 0) is 4.79 Å². The molecule has 3 nitrogen and oxygen atoms in total. The summed E-state index contributed by atoms with van der Waals surface area (Å²) < 4.78 is 37.7. The standard InChI is InChI=1S/C8H6F3NO2/c9-4-1-3(7(12)8(13)14)2-5(10)6(4)11/h1-2,7H,12H2,(H,13,14)/t7-/m0/s1. The summed E-state index contributed by atoms with van der Waals surface area (Å²) >= 11 is 0. The van der Waals surface area contributed by atoms with Crippen molar-refractivity contribution in [3.8, 4) is 0 Å². The molecule has 1 aromatic carbocycles. The number of halogens is 3. The van der Waals surface area contributed by atoms with Gasteiger partial charge in [0.25, 0.3) is 0 Å². The zero-order valence-corrected chi connectivity index (χ0v) is 6.89. The molecule has 0 fully saturated rings. The van der Waals surface area contributed by atoms with Gasteiger partial charge in [-0.05, 0) is 12.1 Å². The van der Waals surface area contributed by atoms with E-state index >= 15 is 0 Å². The van der Waals surface area contributed by atoms with Gasteiger partial charge in [0.1, 0.15) is 5.97 Å². The molecular formula is C8H6F3NO2. The number of aliphatic carboxylic acids is 1. The molecule has 6 heteroatoms. The first kappa shape index (κ1) is 10.5. The highest BCUT2D eigenvalue weighted by Gasteiger charge is 2.17. The number of carbonyl (C=O) groups excluding carboxylic acids is 1. The molecule has 0 aliphatic heterocycles. The van der Waals surface area contributed by atoms with Crippen LogP contribution in [0.3, 0.4) is 0 Å². The Morgan fingerprint density at radius 3 is 2.07 bits per heavy atom. The topological polar surface area (TPSA) is 67.8 Å². The van der Waals surface area contributed by atoms with Gasteiger partial charge in [-0.1, -0.05) is 0 Å². The quantitative estimate of drug-likeness (QED) is 0.638. The van der Waals surface area contributed by atoms with Gasteiger partial charge in [0.05, 0.1) is 0 Å². The van der Waals surface area contributed by atoms with Gasteiger partial charge in [0, 0.05) is 5.56 Å². The van der Waals surface area contributed by atoms with Crippen LogP contribution in [0.4, 0.5) is 13.2 Å². The normalized spacial score (nSPS) is 12.6. The molecule has 1 aromatic rings. The van der Waals surface area contributed by atoms with E-state index in [0.717, 1.165) is 0 Å². The lowest BCUT2D eigenvalue weighted by atomic mass is 10.1. The molecule has 0 amide bonds. The number of hydrogen-bond acceptors (Lipinski definition) is 2. The Hall–Kier alpha value is -1.56. The number of benzene rings is 1. The number of hydrogen-bond donors (Lipinski definition) is 1. The van der Waals surface area contributed by atoms with Crippen LogP contribution in [0.2, 0.25) is 0 Å². The van der Waals surface area contributed by atoms with Crippen LogP contribution in [0.5, 0.6) is 0 Å². The van der Waals surface area contributed by atoms with Crippen molar-refractivity contribution in [3.63, 3.8) is 0 Å². The van der Waals surface area contributed by atoms with E-state index in [4.69, 9.17) is 0 Å². The summed E-state index contributed by atoms with van der Waals surface area (Å²) in [5.74, 6) is -6.13. The summed E-state index contributed by atoms with van der Waals surface area (Å²) in [7, 11) is 0. The minimum atomic E-state index is -1.64. The summed E-state index contributed by atoms with van der Waals surface area (Å²) in [6.07, 6.45) is 0. The largest absolute Gasteiger partial charge is 0.544 e. The fourth-order valence-corrected chi connectivity index (χ4v) is 0.912. The summed E-state index contributed by atoms with van der Waals surface area (Å²) in [4.78, 5) is 10.3. The number of carboxylic acids is 1. The fraction of sp³-hybridized carbons (Fsp3) is 0.125. The molecular weight excluding hydrogens is 199 g/mol. The van der Waals surface area contributed by atoms with Gasteiger partial charge in [0.15, 0.2) is 23.5 Å². The number of quaternary nitrogens is 1. The van der Waals surface area contributed by atoms with Crippen LogP contribution in [0.25, 0.3) is 0 Å². The van der Waals surface area contributed by atoms with Crippen LogP contribution in [0.1, 0.15) is 11.6 Å². The second-order valence-electron chi connectivity index (χ2n) is 2.67. The first-order chi connectivity index (χ1) is 6.43. The molecule has 0 bridgehead atoms. The Morgan fingerprint density at radius 1 is 1.29 bits per heavy atom. The molecule has 3 N–H and O–H groups in total. The summed E-state index contributed by atoms with van der Waals surface area (Å²) in [6.45, 7) is 0. The molecule has 76 valence electrons. The van der Waals surface area contributed by atoms with Gasteiger partial charge < -0.3 is 15.6 Å². The second kappa shape index (κ2) is 3.67. The lowest BCUT2D eigenvalue weighted by molar-refractivity contribution is -0.443. The summed E-state index contributed by atoms with van der Waals surface area (Å²) in [6, 6.07) is -0.280. The van der Waals surface area contributed by atoms with Gasteiger partial charge in [-0.2, -0.15) is 0 Å².